The lowest BCUT2D eigenvalue weighted by Gasteiger charge is -2.22. The van der Waals surface area contributed by atoms with Crippen molar-refractivity contribution >= 4 is 54.8 Å². The fraction of sp³-hybridized carbons (Fsp3) is 0.188. The third-order valence-corrected chi connectivity index (χ3v) is 5.59. The van der Waals surface area contributed by atoms with Gasteiger partial charge in [0.2, 0.25) is 15.9 Å². The van der Waals surface area contributed by atoms with E-state index >= 15 is 0 Å². The number of carbonyl (C=O) groups is 1. The Labute approximate surface area is 154 Å². The Morgan fingerprint density at radius 2 is 1.92 bits per heavy atom. The maximum atomic E-state index is 12.3. The zero-order valence-corrected chi connectivity index (χ0v) is 16.2. The lowest BCUT2D eigenvalue weighted by Crippen LogP contribution is -2.37. The summed E-state index contributed by atoms with van der Waals surface area (Å²) in [6.45, 7) is 1.53. The van der Waals surface area contributed by atoms with Gasteiger partial charge in [0.15, 0.2) is 0 Å². The molecule has 0 radical (unpaired) electrons. The largest absolute Gasteiger partial charge is 0.325 e. The Morgan fingerprint density at radius 3 is 2.50 bits per heavy atom. The van der Waals surface area contributed by atoms with Crippen molar-refractivity contribution in [1.29, 1.82) is 0 Å². The highest BCUT2D eigenvalue weighted by atomic mass is 79.9. The lowest BCUT2D eigenvalue weighted by molar-refractivity contribution is -0.114. The molecule has 0 spiro atoms. The van der Waals surface area contributed by atoms with Crippen molar-refractivity contribution in [3.05, 3.63) is 57.5 Å². The molecule has 1 N–H and O–H groups in total. The van der Waals surface area contributed by atoms with E-state index in [9.17, 15) is 13.2 Å². The van der Waals surface area contributed by atoms with Crippen molar-refractivity contribution in [1.82, 2.24) is 0 Å². The van der Waals surface area contributed by atoms with Gasteiger partial charge in [0.25, 0.3) is 0 Å². The van der Waals surface area contributed by atoms with Gasteiger partial charge in [0.1, 0.15) is 6.54 Å². The van der Waals surface area contributed by atoms with Crippen molar-refractivity contribution in [2.45, 2.75) is 6.92 Å². The van der Waals surface area contributed by atoms with E-state index in [4.69, 9.17) is 11.6 Å². The van der Waals surface area contributed by atoms with Crippen molar-refractivity contribution in [3.8, 4) is 0 Å². The molecular formula is C16H16BrClN2O3S. The Bertz CT molecular complexity index is 871. The number of sulfonamides is 1. The number of aryl methyl sites for hydroxylation is 1. The number of hydrogen-bond acceptors (Lipinski definition) is 3. The lowest BCUT2D eigenvalue weighted by atomic mass is 10.2. The fourth-order valence-corrected chi connectivity index (χ4v) is 3.49. The van der Waals surface area contributed by atoms with Crippen LogP contribution in [-0.2, 0) is 14.8 Å². The number of carbonyl (C=O) groups excluding carboxylic acids is 1. The van der Waals surface area contributed by atoms with Gasteiger partial charge in [0, 0.05) is 10.2 Å². The second-order valence-corrected chi connectivity index (χ2v) is 8.40. The SMILES string of the molecule is Cc1cc(NC(=O)CN(c2ccccc2Cl)S(C)(=O)=O)ccc1Br. The second kappa shape index (κ2) is 7.55. The maximum absolute atomic E-state index is 12.3. The van der Waals surface area contributed by atoms with Crippen LogP contribution >= 0.6 is 27.5 Å². The van der Waals surface area contributed by atoms with Crippen molar-refractivity contribution < 1.29 is 13.2 Å². The molecule has 0 saturated heterocycles. The topological polar surface area (TPSA) is 66.5 Å². The fourth-order valence-electron chi connectivity index (χ4n) is 2.09. The molecule has 0 aliphatic heterocycles. The number of amides is 1. The van der Waals surface area contributed by atoms with Crippen LogP contribution in [0, 0.1) is 6.92 Å². The van der Waals surface area contributed by atoms with Crippen LogP contribution in [0.2, 0.25) is 5.02 Å². The van der Waals surface area contributed by atoms with Gasteiger partial charge >= 0.3 is 0 Å². The van der Waals surface area contributed by atoms with Crippen LogP contribution in [0.1, 0.15) is 5.56 Å². The predicted octanol–water partition coefficient (Wildman–Crippen LogP) is 3.82. The quantitative estimate of drug-likeness (QED) is 0.783. The zero-order valence-electron chi connectivity index (χ0n) is 13.1. The monoisotopic (exact) mass is 430 g/mol. The van der Waals surface area contributed by atoms with Crippen molar-refractivity contribution in [2.75, 3.05) is 22.4 Å². The molecule has 24 heavy (non-hydrogen) atoms. The third kappa shape index (κ3) is 4.72. The summed E-state index contributed by atoms with van der Waals surface area (Å²) in [5.41, 5.74) is 1.82. The second-order valence-electron chi connectivity index (χ2n) is 5.23. The number of nitrogens with zero attached hydrogens (tertiary/aromatic N) is 1. The average Bonchev–Trinajstić information content (AvgIpc) is 2.48. The number of hydrogen-bond donors (Lipinski definition) is 1. The van der Waals surface area contributed by atoms with E-state index < -0.39 is 15.9 Å². The number of rotatable bonds is 5. The number of nitrogens with one attached hydrogen (secondary N) is 1. The van der Waals surface area contributed by atoms with E-state index in [2.05, 4.69) is 21.2 Å². The minimum Gasteiger partial charge on any atom is -0.325 e. The maximum Gasteiger partial charge on any atom is 0.245 e. The van der Waals surface area contributed by atoms with Crippen LogP contribution in [0.4, 0.5) is 11.4 Å². The Balaban J connectivity index is 2.22. The van der Waals surface area contributed by atoms with E-state index in [1.54, 1.807) is 36.4 Å². The summed E-state index contributed by atoms with van der Waals surface area (Å²) in [6.07, 6.45) is 1.04. The molecule has 0 unspecified atom stereocenters. The normalized spacial score (nSPS) is 11.2. The molecule has 2 rings (SSSR count). The van der Waals surface area contributed by atoms with Gasteiger partial charge in [-0.15, -0.1) is 0 Å². The molecule has 0 saturated carbocycles. The van der Waals surface area contributed by atoms with Gasteiger partial charge in [-0.3, -0.25) is 9.10 Å². The molecule has 0 aliphatic carbocycles. The van der Waals surface area contributed by atoms with E-state index in [-0.39, 0.29) is 17.3 Å². The molecule has 2 aromatic rings. The molecule has 0 fully saturated rings. The molecule has 0 atom stereocenters. The summed E-state index contributed by atoms with van der Waals surface area (Å²) in [4.78, 5) is 12.3. The summed E-state index contributed by atoms with van der Waals surface area (Å²) in [5.74, 6) is -0.456. The predicted molar refractivity (Wildman–Crippen MR) is 101 cm³/mol. The summed E-state index contributed by atoms with van der Waals surface area (Å²) in [7, 11) is -3.66. The van der Waals surface area contributed by atoms with Crippen molar-refractivity contribution in [2.24, 2.45) is 0 Å². The third-order valence-electron chi connectivity index (χ3n) is 3.25. The molecule has 2 aromatic carbocycles. The van der Waals surface area contributed by atoms with E-state index in [1.165, 1.54) is 0 Å². The molecule has 8 heteroatoms. The molecule has 128 valence electrons. The van der Waals surface area contributed by atoms with Gasteiger partial charge < -0.3 is 5.32 Å². The van der Waals surface area contributed by atoms with E-state index in [0.29, 0.717) is 5.69 Å². The Morgan fingerprint density at radius 1 is 1.25 bits per heavy atom. The highest BCUT2D eigenvalue weighted by Crippen LogP contribution is 2.27. The Kier molecular flexibility index (Phi) is 5.90. The number of halogens is 2. The molecule has 0 bridgehead atoms. The Hall–Kier alpha value is -1.57. The van der Waals surface area contributed by atoms with Crippen LogP contribution in [0.5, 0.6) is 0 Å². The van der Waals surface area contributed by atoms with Gasteiger partial charge in [-0.25, -0.2) is 8.42 Å². The molecule has 0 heterocycles. The van der Waals surface area contributed by atoms with Crippen LogP contribution in [0.15, 0.2) is 46.9 Å². The van der Waals surface area contributed by atoms with Gasteiger partial charge in [-0.1, -0.05) is 39.7 Å². The van der Waals surface area contributed by atoms with E-state index in [1.807, 2.05) is 13.0 Å². The highest BCUT2D eigenvalue weighted by Gasteiger charge is 2.22. The first kappa shape index (κ1) is 18.8. The first-order chi connectivity index (χ1) is 11.2. The minimum absolute atomic E-state index is 0.259. The van der Waals surface area contributed by atoms with Crippen molar-refractivity contribution in [3.63, 3.8) is 0 Å². The van der Waals surface area contributed by atoms with Gasteiger partial charge in [0.05, 0.1) is 17.0 Å². The highest BCUT2D eigenvalue weighted by molar-refractivity contribution is 9.10. The van der Waals surface area contributed by atoms with E-state index in [0.717, 1.165) is 20.6 Å². The van der Waals surface area contributed by atoms with Gasteiger partial charge in [-0.2, -0.15) is 0 Å². The summed E-state index contributed by atoms with van der Waals surface area (Å²) in [5, 5.41) is 2.95. The zero-order chi connectivity index (χ0) is 17.9. The summed E-state index contributed by atoms with van der Waals surface area (Å²) < 4.78 is 26.0. The first-order valence-electron chi connectivity index (χ1n) is 6.97. The molecular weight excluding hydrogens is 416 g/mol. The molecule has 1 amide bonds. The smallest absolute Gasteiger partial charge is 0.245 e. The molecule has 0 aliphatic rings. The van der Waals surface area contributed by atoms with Crippen LogP contribution in [-0.4, -0.2) is 27.1 Å². The molecule has 5 nitrogen and oxygen atoms in total. The van der Waals surface area contributed by atoms with Crippen LogP contribution < -0.4 is 9.62 Å². The number of anilines is 2. The summed E-state index contributed by atoms with van der Waals surface area (Å²) >= 11 is 9.45. The first-order valence-corrected chi connectivity index (χ1v) is 9.98. The standard InChI is InChI=1S/C16H16BrClN2O3S/c1-11-9-12(7-8-13(11)17)19-16(21)10-20(24(2,22)23)15-6-4-3-5-14(15)18/h3-9H,10H2,1-2H3,(H,19,21). The van der Waals surface area contributed by atoms with Gasteiger partial charge in [-0.05, 0) is 42.8 Å². The minimum atomic E-state index is -3.66. The average molecular weight is 432 g/mol. The molecule has 0 aromatic heterocycles. The number of para-hydroxylation sites is 1. The number of benzene rings is 2. The van der Waals surface area contributed by atoms with Crippen LogP contribution in [0.25, 0.3) is 0 Å². The van der Waals surface area contributed by atoms with Crippen LogP contribution in [0.3, 0.4) is 0 Å². The summed E-state index contributed by atoms with van der Waals surface area (Å²) in [6, 6.07) is 11.8.